The second-order valence-corrected chi connectivity index (χ2v) is 8.70. The largest absolute Gasteiger partial charge is 0.336 e. The fraction of sp³-hybridized carbons (Fsp3) is 0.522. The van der Waals surface area contributed by atoms with Gasteiger partial charge in [0, 0.05) is 37.7 Å². The van der Waals surface area contributed by atoms with Gasteiger partial charge in [-0.1, -0.05) is 29.8 Å². The molecule has 5 heteroatoms. The van der Waals surface area contributed by atoms with Gasteiger partial charge in [-0.2, -0.15) is 0 Å². The van der Waals surface area contributed by atoms with E-state index in [0.717, 1.165) is 44.0 Å². The highest BCUT2D eigenvalue weighted by atomic mass is 16.2. The van der Waals surface area contributed by atoms with E-state index in [1.807, 2.05) is 11.8 Å². The maximum absolute atomic E-state index is 12.6. The highest BCUT2D eigenvalue weighted by Crippen LogP contribution is 2.39. The summed E-state index contributed by atoms with van der Waals surface area (Å²) in [6, 6.07) is 8.81. The van der Waals surface area contributed by atoms with Gasteiger partial charge >= 0.3 is 0 Å². The van der Waals surface area contributed by atoms with Crippen LogP contribution >= 0.6 is 0 Å². The van der Waals surface area contributed by atoms with Gasteiger partial charge in [0.15, 0.2) is 0 Å². The molecule has 2 aliphatic rings. The molecule has 1 aromatic carbocycles. The number of carbonyl (C=O) groups is 1. The second kappa shape index (κ2) is 8.00. The van der Waals surface area contributed by atoms with Crippen molar-refractivity contribution >= 4 is 5.91 Å². The third kappa shape index (κ3) is 4.41. The minimum absolute atomic E-state index is 0.216. The maximum atomic E-state index is 12.6. The Labute approximate surface area is 167 Å². The van der Waals surface area contributed by atoms with E-state index in [1.165, 1.54) is 24.0 Å². The summed E-state index contributed by atoms with van der Waals surface area (Å²) < 4.78 is 0. The van der Waals surface area contributed by atoms with Gasteiger partial charge in [-0.3, -0.25) is 19.7 Å². The SMILES string of the molecule is Cc1cccc(CN2CCC[C@]3(CCC(=O)N(Cc4cnc(C)cn4)C3)C2)c1. The lowest BCUT2D eigenvalue weighted by Crippen LogP contribution is -2.53. The Morgan fingerprint density at radius 1 is 1.07 bits per heavy atom. The lowest BCUT2D eigenvalue weighted by molar-refractivity contribution is -0.140. The van der Waals surface area contributed by atoms with Crippen molar-refractivity contribution in [3.05, 3.63) is 59.2 Å². The molecule has 3 heterocycles. The average molecular weight is 379 g/mol. The number of benzene rings is 1. The molecule has 0 aliphatic carbocycles. The molecule has 0 N–H and O–H groups in total. The van der Waals surface area contributed by atoms with E-state index < -0.39 is 0 Å². The average Bonchev–Trinajstić information content (AvgIpc) is 2.67. The zero-order chi connectivity index (χ0) is 19.6. The number of hydrogen-bond donors (Lipinski definition) is 0. The van der Waals surface area contributed by atoms with Crippen LogP contribution in [0.3, 0.4) is 0 Å². The van der Waals surface area contributed by atoms with Crippen molar-refractivity contribution in [1.29, 1.82) is 0 Å². The van der Waals surface area contributed by atoms with Crippen LogP contribution in [0, 0.1) is 19.3 Å². The van der Waals surface area contributed by atoms with Gasteiger partial charge in [-0.15, -0.1) is 0 Å². The van der Waals surface area contributed by atoms with Crippen molar-refractivity contribution in [1.82, 2.24) is 19.8 Å². The molecule has 1 spiro atoms. The topological polar surface area (TPSA) is 49.3 Å². The smallest absolute Gasteiger partial charge is 0.222 e. The summed E-state index contributed by atoms with van der Waals surface area (Å²) in [6.07, 6.45) is 7.65. The zero-order valence-electron chi connectivity index (χ0n) is 17.0. The predicted molar refractivity (Wildman–Crippen MR) is 110 cm³/mol. The molecule has 2 aliphatic heterocycles. The highest BCUT2D eigenvalue weighted by molar-refractivity contribution is 5.77. The highest BCUT2D eigenvalue weighted by Gasteiger charge is 2.41. The number of rotatable bonds is 4. The van der Waals surface area contributed by atoms with E-state index in [-0.39, 0.29) is 11.3 Å². The van der Waals surface area contributed by atoms with Crippen LogP contribution in [0.5, 0.6) is 0 Å². The fourth-order valence-corrected chi connectivity index (χ4v) is 4.79. The summed E-state index contributed by atoms with van der Waals surface area (Å²) in [5.74, 6) is 0.254. The van der Waals surface area contributed by atoms with Gasteiger partial charge in [-0.25, -0.2) is 0 Å². The molecular formula is C23H30N4O. The van der Waals surface area contributed by atoms with Gasteiger partial charge in [-0.05, 0) is 45.2 Å². The van der Waals surface area contributed by atoms with Crippen molar-refractivity contribution in [2.24, 2.45) is 5.41 Å². The predicted octanol–water partition coefficient (Wildman–Crippen LogP) is 3.50. The van der Waals surface area contributed by atoms with E-state index in [1.54, 1.807) is 12.4 Å². The molecule has 148 valence electrons. The summed E-state index contributed by atoms with van der Waals surface area (Å²) >= 11 is 0. The van der Waals surface area contributed by atoms with Crippen LogP contribution in [-0.4, -0.2) is 45.3 Å². The van der Waals surface area contributed by atoms with Gasteiger partial charge in [0.1, 0.15) is 0 Å². The van der Waals surface area contributed by atoms with Gasteiger partial charge in [0.25, 0.3) is 0 Å². The molecule has 1 atom stereocenters. The molecule has 2 fully saturated rings. The monoisotopic (exact) mass is 378 g/mol. The number of aryl methyl sites for hydroxylation is 2. The van der Waals surface area contributed by atoms with Crippen molar-refractivity contribution in [2.45, 2.75) is 52.6 Å². The number of nitrogens with zero attached hydrogens (tertiary/aromatic N) is 4. The Morgan fingerprint density at radius 3 is 2.75 bits per heavy atom. The Morgan fingerprint density at radius 2 is 1.96 bits per heavy atom. The van der Waals surface area contributed by atoms with Crippen molar-refractivity contribution in [3.8, 4) is 0 Å². The van der Waals surface area contributed by atoms with Crippen molar-refractivity contribution in [3.63, 3.8) is 0 Å². The number of carbonyl (C=O) groups excluding carboxylic acids is 1. The normalized spacial score (nSPS) is 23.4. The number of likely N-dealkylation sites (tertiary alicyclic amines) is 2. The quantitative estimate of drug-likeness (QED) is 0.817. The van der Waals surface area contributed by atoms with Crippen molar-refractivity contribution < 1.29 is 4.79 Å². The first-order chi connectivity index (χ1) is 13.5. The number of aromatic nitrogens is 2. The zero-order valence-corrected chi connectivity index (χ0v) is 17.0. The molecule has 4 rings (SSSR count). The molecular weight excluding hydrogens is 348 g/mol. The van der Waals surface area contributed by atoms with Gasteiger partial charge in [0.05, 0.1) is 24.1 Å². The van der Waals surface area contributed by atoms with Crippen LogP contribution in [0.15, 0.2) is 36.7 Å². The van der Waals surface area contributed by atoms with Crippen LogP contribution in [0.25, 0.3) is 0 Å². The molecule has 0 radical (unpaired) electrons. The minimum atomic E-state index is 0.216. The van der Waals surface area contributed by atoms with E-state index in [0.29, 0.717) is 13.0 Å². The molecule has 0 unspecified atom stereocenters. The summed E-state index contributed by atoms with van der Waals surface area (Å²) in [7, 11) is 0. The van der Waals surface area contributed by atoms with Gasteiger partial charge in [0.2, 0.25) is 5.91 Å². The molecule has 1 aromatic heterocycles. The lowest BCUT2D eigenvalue weighted by Gasteiger charge is -2.48. The summed E-state index contributed by atoms with van der Waals surface area (Å²) in [6.45, 7) is 8.72. The lowest BCUT2D eigenvalue weighted by atomic mass is 9.73. The third-order valence-corrected chi connectivity index (χ3v) is 6.16. The third-order valence-electron chi connectivity index (χ3n) is 6.16. The molecule has 1 amide bonds. The van der Waals surface area contributed by atoms with Crippen LogP contribution in [-0.2, 0) is 17.9 Å². The number of piperidine rings is 2. The fourth-order valence-electron chi connectivity index (χ4n) is 4.79. The van der Waals surface area contributed by atoms with Crippen LogP contribution in [0.2, 0.25) is 0 Å². The summed E-state index contributed by atoms with van der Waals surface area (Å²) in [5.41, 5.74) is 4.70. The van der Waals surface area contributed by atoms with Crippen LogP contribution in [0.4, 0.5) is 0 Å². The Hall–Kier alpha value is -2.27. The van der Waals surface area contributed by atoms with E-state index in [4.69, 9.17) is 0 Å². The maximum Gasteiger partial charge on any atom is 0.222 e. The first-order valence-corrected chi connectivity index (χ1v) is 10.3. The van der Waals surface area contributed by atoms with Crippen LogP contribution < -0.4 is 0 Å². The molecule has 0 bridgehead atoms. The minimum Gasteiger partial charge on any atom is -0.336 e. The van der Waals surface area contributed by atoms with Crippen molar-refractivity contribution in [2.75, 3.05) is 19.6 Å². The number of hydrogen-bond acceptors (Lipinski definition) is 4. The standard InChI is InChI=1S/C23H30N4O/c1-18-5-3-6-20(11-18)14-26-10-4-8-23(16-26)9-7-22(28)27(17-23)15-21-13-24-19(2)12-25-21/h3,5-6,11-13H,4,7-10,14-17H2,1-2H3/t23-/m0/s1. The van der Waals surface area contributed by atoms with E-state index in [9.17, 15) is 4.79 Å². The number of amides is 1. The van der Waals surface area contributed by atoms with E-state index in [2.05, 4.69) is 46.1 Å². The first-order valence-electron chi connectivity index (χ1n) is 10.3. The Kier molecular flexibility index (Phi) is 5.44. The Bertz CT molecular complexity index is 835. The molecule has 2 saturated heterocycles. The van der Waals surface area contributed by atoms with E-state index >= 15 is 0 Å². The Balaban J connectivity index is 1.44. The summed E-state index contributed by atoms with van der Waals surface area (Å²) in [4.78, 5) is 25.9. The van der Waals surface area contributed by atoms with Gasteiger partial charge < -0.3 is 4.90 Å². The van der Waals surface area contributed by atoms with Crippen LogP contribution in [0.1, 0.15) is 48.2 Å². The molecule has 5 nitrogen and oxygen atoms in total. The first kappa shape index (κ1) is 19.1. The molecule has 0 saturated carbocycles. The summed E-state index contributed by atoms with van der Waals surface area (Å²) in [5, 5.41) is 0. The second-order valence-electron chi connectivity index (χ2n) is 8.70. The molecule has 2 aromatic rings. The molecule has 28 heavy (non-hydrogen) atoms.